The highest BCUT2D eigenvalue weighted by Crippen LogP contribution is 2.10. The molecule has 0 atom stereocenters. The summed E-state index contributed by atoms with van der Waals surface area (Å²) in [6, 6.07) is 9.52. The largest absolute Gasteiger partial charge is 0.325 e. The molecule has 7 nitrogen and oxygen atoms in total. The van der Waals surface area contributed by atoms with Crippen molar-refractivity contribution in [2.24, 2.45) is 0 Å². The summed E-state index contributed by atoms with van der Waals surface area (Å²) in [6.45, 7) is 1.75. The first-order chi connectivity index (χ1) is 10.5. The highest BCUT2D eigenvalue weighted by Gasteiger charge is 2.10. The lowest BCUT2D eigenvalue weighted by Crippen LogP contribution is -2.26. The lowest BCUT2D eigenvalue weighted by atomic mass is 10.1. The first kappa shape index (κ1) is 15.4. The summed E-state index contributed by atoms with van der Waals surface area (Å²) in [5.74, 6) is -0.424. The van der Waals surface area contributed by atoms with Gasteiger partial charge in [0.1, 0.15) is 6.54 Å². The van der Waals surface area contributed by atoms with E-state index in [2.05, 4.69) is 5.32 Å². The summed E-state index contributed by atoms with van der Waals surface area (Å²) in [6.07, 6.45) is 1.96. The van der Waals surface area contributed by atoms with E-state index in [0.29, 0.717) is 5.69 Å². The molecule has 0 bridgehead atoms. The number of anilines is 1. The lowest BCUT2D eigenvalue weighted by Gasteiger charge is -2.07. The van der Waals surface area contributed by atoms with Gasteiger partial charge in [-0.3, -0.25) is 24.3 Å². The van der Waals surface area contributed by atoms with E-state index in [9.17, 15) is 19.7 Å². The van der Waals surface area contributed by atoms with Crippen LogP contribution in [0.25, 0.3) is 0 Å². The molecule has 1 heterocycles. The van der Waals surface area contributed by atoms with Crippen LogP contribution in [0.15, 0.2) is 47.4 Å². The maximum absolute atomic E-state index is 11.9. The van der Waals surface area contributed by atoms with E-state index in [1.54, 1.807) is 12.1 Å². The molecule has 2 aromatic rings. The van der Waals surface area contributed by atoms with Crippen LogP contribution in [0.2, 0.25) is 0 Å². The van der Waals surface area contributed by atoms with E-state index >= 15 is 0 Å². The molecular weight excluding hydrogens is 286 g/mol. The van der Waals surface area contributed by atoms with Crippen LogP contribution in [0.1, 0.15) is 12.5 Å². The molecule has 114 valence electrons. The van der Waals surface area contributed by atoms with Gasteiger partial charge in [0.2, 0.25) is 5.91 Å². The van der Waals surface area contributed by atoms with Crippen molar-refractivity contribution in [1.82, 2.24) is 4.57 Å². The molecule has 1 amide bonds. The van der Waals surface area contributed by atoms with Gasteiger partial charge in [-0.15, -0.1) is 0 Å². The highest BCUT2D eigenvalue weighted by atomic mass is 16.6. The number of carbonyl (C=O) groups is 1. The van der Waals surface area contributed by atoms with Gasteiger partial charge in [-0.2, -0.15) is 0 Å². The normalized spacial score (nSPS) is 10.2. The van der Waals surface area contributed by atoms with Crippen molar-refractivity contribution in [3.63, 3.8) is 0 Å². The summed E-state index contributed by atoms with van der Waals surface area (Å²) in [5, 5.41) is 13.3. The third-order valence-electron chi connectivity index (χ3n) is 3.14. The number of benzene rings is 1. The monoisotopic (exact) mass is 301 g/mol. The van der Waals surface area contributed by atoms with Crippen molar-refractivity contribution in [2.45, 2.75) is 19.9 Å². The zero-order chi connectivity index (χ0) is 16.1. The van der Waals surface area contributed by atoms with E-state index in [-0.39, 0.29) is 12.2 Å². The number of rotatable bonds is 5. The van der Waals surface area contributed by atoms with Gasteiger partial charge in [0, 0.05) is 17.8 Å². The molecule has 0 saturated carbocycles. The third-order valence-corrected chi connectivity index (χ3v) is 3.14. The second kappa shape index (κ2) is 6.66. The minimum atomic E-state index is -0.614. The van der Waals surface area contributed by atoms with Crippen LogP contribution in [0.5, 0.6) is 0 Å². The minimum Gasteiger partial charge on any atom is -0.325 e. The zero-order valence-electron chi connectivity index (χ0n) is 12.0. The van der Waals surface area contributed by atoms with Gasteiger partial charge in [-0.05, 0) is 24.1 Å². The fourth-order valence-corrected chi connectivity index (χ4v) is 1.93. The Morgan fingerprint density at radius 3 is 2.50 bits per heavy atom. The smallest absolute Gasteiger partial charge is 0.285 e. The molecular formula is C15H15N3O4. The van der Waals surface area contributed by atoms with Gasteiger partial charge in [-0.25, -0.2) is 0 Å². The second-order valence-corrected chi connectivity index (χ2v) is 4.71. The summed E-state index contributed by atoms with van der Waals surface area (Å²) in [4.78, 5) is 33.6. The minimum absolute atomic E-state index is 0.236. The van der Waals surface area contributed by atoms with Crippen molar-refractivity contribution in [1.29, 1.82) is 0 Å². The fourth-order valence-electron chi connectivity index (χ4n) is 1.93. The summed E-state index contributed by atoms with van der Waals surface area (Å²) in [7, 11) is 0. The average Bonchev–Trinajstić information content (AvgIpc) is 2.50. The molecule has 0 fully saturated rings. The second-order valence-electron chi connectivity index (χ2n) is 4.71. The average molecular weight is 301 g/mol. The first-order valence-corrected chi connectivity index (χ1v) is 6.73. The summed E-state index contributed by atoms with van der Waals surface area (Å²) >= 11 is 0. The molecule has 1 N–H and O–H groups in total. The van der Waals surface area contributed by atoms with E-state index in [0.717, 1.165) is 34.9 Å². The molecule has 1 aromatic heterocycles. The number of amides is 1. The van der Waals surface area contributed by atoms with Crippen LogP contribution in [0.4, 0.5) is 11.4 Å². The fraction of sp³-hybridized carbons (Fsp3) is 0.200. The molecule has 0 spiro atoms. The molecule has 0 unspecified atom stereocenters. The number of pyridine rings is 1. The molecule has 0 aliphatic heterocycles. The number of hydrogen-bond donors (Lipinski definition) is 1. The molecule has 0 saturated heterocycles. The number of aryl methyl sites for hydroxylation is 1. The van der Waals surface area contributed by atoms with Crippen LogP contribution >= 0.6 is 0 Å². The van der Waals surface area contributed by atoms with Crippen LogP contribution in [0, 0.1) is 10.1 Å². The van der Waals surface area contributed by atoms with Gasteiger partial charge in [0.25, 0.3) is 11.2 Å². The number of carbonyl (C=O) groups excluding carboxylic acids is 1. The Morgan fingerprint density at radius 1 is 1.23 bits per heavy atom. The number of aromatic nitrogens is 1. The number of nitrogens with one attached hydrogen (secondary N) is 1. The lowest BCUT2D eigenvalue weighted by molar-refractivity contribution is -0.385. The number of nitro groups is 1. The maximum Gasteiger partial charge on any atom is 0.285 e. The first-order valence-electron chi connectivity index (χ1n) is 6.73. The zero-order valence-corrected chi connectivity index (χ0v) is 12.0. The van der Waals surface area contributed by atoms with Crippen molar-refractivity contribution >= 4 is 17.3 Å². The van der Waals surface area contributed by atoms with E-state index < -0.39 is 16.4 Å². The quantitative estimate of drug-likeness (QED) is 0.674. The Bertz CT molecular complexity index is 750. The van der Waals surface area contributed by atoms with E-state index in [1.165, 1.54) is 0 Å². The molecule has 7 heteroatoms. The molecule has 0 aliphatic carbocycles. The molecule has 2 rings (SSSR count). The van der Waals surface area contributed by atoms with Crippen molar-refractivity contribution in [2.75, 3.05) is 5.32 Å². The van der Waals surface area contributed by atoms with Crippen molar-refractivity contribution < 1.29 is 9.72 Å². The molecule has 0 aliphatic rings. The molecule has 1 aromatic carbocycles. The van der Waals surface area contributed by atoms with E-state index in [1.807, 2.05) is 19.1 Å². The third kappa shape index (κ3) is 3.78. The Kier molecular flexibility index (Phi) is 4.67. The summed E-state index contributed by atoms with van der Waals surface area (Å²) < 4.78 is 1.01. The standard InChI is InChI=1S/C15H15N3O4/c1-2-11-3-5-12(6-4-11)16-14(19)10-17-9-13(18(21)22)7-8-15(17)20/h3-9H,2,10H2,1H3,(H,16,19). The number of hydrogen-bond acceptors (Lipinski definition) is 4. The van der Waals surface area contributed by atoms with Crippen molar-refractivity contribution in [3.05, 3.63) is 68.6 Å². The van der Waals surface area contributed by atoms with Gasteiger partial charge in [0.15, 0.2) is 0 Å². The topological polar surface area (TPSA) is 94.2 Å². The highest BCUT2D eigenvalue weighted by molar-refractivity contribution is 5.90. The van der Waals surface area contributed by atoms with Gasteiger partial charge in [0.05, 0.1) is 11.1 Å². The molecule has 22 heavy (non-hydrogen) atoms. The predicted octanol–water partition coefficient (Wildman–Crippen LogP) is 1.96. The van der Waals surface area contributed by atoms with Crippen LogP contribution in [-0.2, 0) is 17.8 Å². The van der Waals surface area contributed by atoms with Crippen LogP contribution in [-0.4, -0.2) is 15.4 Å². The Labute approximate surface area is 126 Å². The Hall–Kier alpha value is -2.96. The van der Waals surface area contributed by atoms with Crippen molar-refractivity contribution in [3.8, 4) is 0 Å². The van der Waals surface area contributed by atoms with Crippen LogP contribution < -0.4 is 10.9 Å². The van der Waals surface area contributed by atoms with Gasteiger partial charge >= 0.3 is 0 Å². The maximum atomic E-state index is 11.9. The Balaban J connectivity index is 2.09. The van der Waals surface area contributed by atoms with E-state index in [4.69, 9.17) is 0 Å². The molecule has 0 radical (unpaired) electrons. The summed E-state index contributed by atoms with van der Waals surface area (Å²) in [5.41, 5.74) is 1.05. The van der Waals surface area contributed by atoms with Gasteiger partial charge < -0.3 is 5.32 Å². The Morgan fingerprint density at radius 2 is 1.91 bits per heavy atom. The number of nitrogens with zero attached hydrogens (tertiary/aromatic N) is 2. The predicted molar refractivity (Wildman–Crippen MR) is 81.8 cm³/mol. The SMILES string of the molecule is CCc1ccc(NC(=O)Cn2cc([N+](=O)[O-])ccc2=O)cc1. The van der Waals surface area contributed by atoms with Gasteiger partial charge in [-0.1, -0.05) is 19.1 Å². The van der Waals surface area contributed by atoms with Crippen LogP contribution in [0.3, 0.4) is 0 Å².